The Bertz CT molecular complexity index is 1240. The third-order valence-electron chi connectivity index (χ3n) is 5.23. The molecule has 154 valence electrons. The highest BCUT2D eigenvalue weighted by molar-refractivity contribution is 5.94. The number of nitrogens with zero attached hydrogens (tertiary/aromatic N) is 2. The number of H-pyrrole nitrogens is 1. The van der Waals surface area contributed by atoms with E-state index in [4.69, 9.17) is 10.00 Å². The van der Waals surface area contributed by atoms with Crippen LogP contribution in [0.25, 0.3) is 22.0 Å². The highest BCUT2D eigenvalue weighted by atomic mass is 16.5. The molecule has 0 radical (unpaired) electrons. The van der Waals surface area contributed by atoms with Gasteiger partial charge in [-0.1, -0.05) is 18.2 Å². The highest BCUT2D eigenvalue weighted by Gasteiger charge is 2.08. The van der Waals surface area contributed by atoms with Crippen molar-refractivity contribution in [2.24, 2.45) is 0 Å². The summed E-state index contributed by atoms with van der Waals surface area (Å²) in [6.45, 7) is 0.534. The van der Waals surface area contributed by atoms with Crippen LogP contribution in [0, 0.1) is 11.3 Å². The molecular formula is C25H22N4O2. The van der Waals surface area contributed by atoms with Gasteiger partial charge in [-0.25, -0.2) is 4.98 Å². The first kappa shape index (κ1) is 20.2. The van der Waals surface area contributed by atoms with Crippen LogP contribution >= 0.6 is 0 Å². The lowest BCUT2D eigenvalue weighted by molar-refractivity contribution is 0.0954. The monoisotopic (exact) mass is 410 g/mol. The van der Waals surface area contributed by atoms with E-state index >= 15 is 0 Å². The molecule has 4 rings (SSSR count). The van der Waals surface area contributed by atoms with E-state index in [9.17, 15) is 4.79 Å². The number of pyridine rings is 1. The maximum absolute atomic E-state index is 12.5. The van der Waals surface area contributed by atoms with Crippen LogP contribution in [0.15, 0.2) is 67.0 Å². The summed E-state index contributed by atoms with van der Waals surface area (Å²) in [6, 6.07) is 19.5. The van der Waals surface area contributed by atoms with Crippen molar-refractivity contribution in [3.8, 4) is 23.1 Å². The molecule has 6 heteroatoms. The van der Waals surface area contributed by atoms with E-state index in [0.29, 0.717) is 30.8 Å². The molecule has 0 spiro atoms. The zero-order valence-electron chi connectivity index (χ0n) is 17.2. The number of hydrogen-bond acceptors (Lipinski definition) is 4. The van der Waals surface area contributed by atoms with Crippen LogP contribution < -0.4 is 10.1 Å². The van der Waals surface area contributed by atoms with Gasteiger partial charge in [-0.15, -0.1) is 0 Å². The summed E-state index contributed by atoms with van der Waals surface area (Å²) < 4.78 is 5.08. The van der Waals surface area contributed by atoms with Crippen molar-refractivity contribution in [2.75, 3.05) is 13.7 Å². The first-order chi connectivity index (χ1) is 15.2. The van der Waals surface area contributed by atoms with Crippen molar-refractivity contribution >= 4 is 16.8 Å². The summed E-state index contributed by atoms with van der Waals surface area (Å²) >= 11 is 0. The van der Waals surface area contributed by atoms with Gasteiger partial charge in [0.15, 0.2) is 0 Å². The van der Waals surface area contributed by atoms with Crippen LogP contribution in [0.5, 0.6) is 5.88 Å². The lowest BCUT2D eigenvalue weighted by Crippen LogP contribution is -2.25. The van der Waals surface area contributed by atoms with Crippen LogP contribution in [0.1, 0.15) is 21.5 Å². The van der Waals surface area contributed by atoms with Crippen molar-refractivity contribution in [1.29, 1.82) is 5.26 Å². The van der Waals surface area contributed by atoms with E-state index in [2.05, 4.69) is 27.4 Å². The summed E-state index contributed by atoms with van der Waals surface area (Å²) in [4.78, 5) is 19.9. The van der Waals surface area contributed by atoms with Crippen LogP contribution in [-0.4, -0.2) is 29.5 Å². The third-order valence-corrected chi connectivity index (χ3v) is 5.23. The molecule has 0 aliphatic rings. The molecule has 0 aliphatic carbocycles. The average molecular weight is 410 g/mol. The number of hydrogen-bond donors (Lipinski definition) is 2. The van der Waals surface area contributed by atoms with Crippen molar-refractivity contribution in [2.45, 2.75) is 12.8 Å². The van der Waals surface area contributed by atoms with Gasteiger partial charge in [-0.3, -0.25) is 4.79 Å². The fourth-order valence-electron chi connectivity index (χ4n) is 3.52. The third kappa shape index (κ3) is 4.57. The molecule has 31 heavy (non-hydrogen) atoms. The van der Waals surface area contributed by atoms with Gasteiger partial charge in [-0.05, 0) is 53.4 Å². The van der Waals surface area contributed by atoms with Crippen molar-refractivity contribution < 1.29 is 9.53 Å². The smallest absolute Gasteiger partial charge is 0.251 e. The maximum Gasteiger partial charge on any atom is 0.251 e. The molecule has 2 aromatic carbocycles. The summed E-state index contributed by atoms with van der Waals surface area (Å²) in [7, 11) is 1.58. The number of fused-ring (bicyclic) bond motifs is 1. The second-order valence-electron chi connectivity index (χ2n) is 7.20. The van der Waals surface area contributed by atoms with E-state index in [1.165, 1.54) is 0 Å². The normalized spacial score (nSPS) is 10.6. The minimum Gasteiger partial charge on any atom is -0.481 e. The van der Waals surface area contributed by atoms with Gasteiger partial charge in [0.1, 0.15) is 0 Å². The Morgan fingerprint density at radius 3 is 2.65 bits per heavy atom. The average Bonchev–Trinajstić information content (AvgIpc) is 3.21. The van der Waals surface area contributed by atoms with Crippen LogP contribution in [0.2, 0.25) is 0 Å². The van der Waals surface area contributed by atoms with Gasteiger partial charge in [0, 0.05) is 47.0 Å². The molecular weight excluding hydrogens is 388 g/mol. The van der Waals surface area contributed by atoms with Gasteiger partial charge in [0.25, 0.3) is 5.91 Å². The predicted octanol–water partition coefficient (Wildman–Crippen LogP) is 4.28. The SMILES string of the molecule is COc1ccc(-c2ccc(C(=O)NCCc3ccc4[nH]cc(CC#N)c4c3)cc2)cn1. The number of aromatic amines is 1. The number of rotatable bonds is 7. The number of carbonyl (C=O) groups is 1. The van der Waals surface area contributed by atoms with Crippen molar-refractivity contribution in [3.63, 3.8) is 0 Å². The van der Waals surface area contributed by atoms with Gasteiger partial charge in [-0.2, -0.15) is 5.26 Å². The second-order valence-corrected chi connectivity index (χ2v) is 7.20. The zero-order valence-corrected chi connectivity index (χ0v) is 17.2. The standard InChI is InChI=1S/C25H22N4O2/c1-31-24-9-7-20(15-29-24)18-3-5-19(6-4-18)25(30)27-13-11-17-2-8-23-22(14-17)21(10-12-26)16-28-23/h2-9,14-16,28H,10-11,13H2,1H3,(H,27,30). The summed E-state index contributed by atoms with van der Waals surface area (Å²) in [5, 5.41) is 13.0. The maximum atomic E-state index is 12.5. The number of benzene rings is 2. The van der Waals surface area contributed by atoms with Crippen molar-refractivity contribution in [1.82, 2.24) is 15.3 Å². The number of ether oxygens (including phenoxy) is 1. The molecule has 0 saturated carbocycles. The summed E-state index contributed by atoms with van der Waals surface area (Å²) in [6.07, 6.45) is 4.72. The Morgan fingerprint density at radius 1 is 1.13 bits per heavy atom. The number of aromatic nitrogens is 2. The van der Waals surface area contributed by atoms with Crippen LogP contribution in [-0.2, 0) is 12.8 Å². The molecule has 4 aromatic rings. The molecule has 2 aromatic heterocycles. The summed E-state index contributed by atoms with van der Waals surface area (Å²) in [5.74, 6) is 0.462. The topological polar surface area (TPSA) is 90.8 Å². The van der Waals surface area contributed by atoms with Crippen LogP contribution in [0.3, 0.4) is 0 Å². The molecule has 0 atom stereocenters. The van der Waals surface area contributed by atoms with E-state index in [1.807, 2.05) is 54.7 Å². The van der Waals surface area contributed by atoms with E-state index in [0.717, 1.165) is 33.2 Å². The fraction of sp³-hybridized carbons (Fsp3) is 0.160. The molecule has 6 nitrogen and oxygen atoms in total. The van der Waals surface area contributed by atoms with Crippen molar-refractivity contribution in [3.05, 3.63) is 83.7 Å². The first-order valence-corrected chi connectivity index (χ1v) is 10.0. The van der Waals surface area contributed by atoms with Gasteiger partial charge in [0.2, 0.25) is 5.88 Å². The van der Waals surface area contributed by atoms with E-state index in [1.54, 1.807) is 13.3 Å². The largest absolute Gasteiger partial charge is 0.481 e. The molecule has 2 N–H and O–H groups in total. The quantitative estimate of drug-likeness (QED) is 0.476. The number of carbonyl (C=O) groups excluding carboxylic acids is 1. The van der Waals surface area contributed by atoms with Crippen LogP contribution in [0.4, 0.5) is 0 Å². The number of methoxy groups -OCH3 is 1. The zero-order chi connectivity index (χ0) is 21.6. The molecule has 0 aliphatic heterocycles. The lowest BCUT2D eigenvalue weighted by Gasteiger charge is -2.07. The predicted molar refractivity (Wildman–Crippen MR) is 120 cm³/mol. The number of nitriles is 1. The number of nitrogens with one attached hydrogen (secondary N) is 2. The minimum absolute atomic E-state index is 0.104. The second kappa shape index (κ2) is 9.14. The Morgan fingerprint density at radius 2 is 1.94 bits per heavy atom. The van der Waals surface area contributed by atoms with E-state index < -0.39 is 0 Å². The molecule has 0 unspecified atom stereocenters. The van der Waals surface area contributed by atoms with Gasteiger partial charge >= 0.3 is 0 Å². The van der Waals surface area contributed by atoms with E-state index in [-0.39, 0.29) is 5.91 Å². The Hall–Kier alpha value is -4.11. The van der Waals surface area contributed by atoms with Gasteiger partial charge in [0.05, 0.1) is 19.6 Å². The molecule has 1 amide bonds. The molecule has 0 fully saturated rings. The minimum atomic E-state index is -0.104. The molecule has 0 bridgehead atoms. The lowest BCUT2D eigenvalue weighted by atomic mass is 10.0. The first-order valence-electron chi connectivity index (χ1n) is 10.0. The summed E-state index contributed by atoms with van der Waals surface area (Å²) in [5.41, 5.74) is 5.70. The molecule has 2 heterocycles. The molecule has 0 saturated heterocycles. The Balaban J connectivity index is 1.36. The fourth-order valence-corrected chi connectivity index (χ4v) is 3.52. The Kier molecular flexibility index (Phi) is 5.95. The number of amides is 1. The van der Waals surface area contributed by atoms with Gasteiger partial charge < -0.3 is 15.0 Å². The Labute approximate surface area is 180 Å². The highest BCUT2D eigenvalue weighted by Crippen LogP contribution is 2.22.